The summed E-state index contributed by atoms with van der Waals surface area (Å²) in [7, 11) is 1.64. The van der Waals surface area contributed by atoms with Crippen molar-refractivity contribution in [2.75, 3.05) is 20.3 Å². The van der Waals surface area contributed by atoms with Crippen LogP contribution in [0.5, 0.6) is 0 Å². The van der Waals surface area contributed by atoms with Gasteiger partial charge in [-0.2, -0.15) is 0 Å². The van der Waals surface area contributed by atoms with Crippen LogP contribution in [-0.4, -0.2) is 41.2 Å². The Morgan fingerprint density at radius 1 is 1.36 bits per heavy atom. The molecule has 0 bridgehead atoms. The van der Waals surface area contributed by atoms with Crippen molar-refractivity contribution in [2.45, 2.75) is 26.3 Å². The first-order chi connectivity index (χ1) is 10.6. The van der Waals surface area contributed by atoms with Gasteiger partial charge in [-0.15, -0.1) is 5.10 Å². The van der Waals surface area contributed by atoms with Gasteiger partial charge in [-0.25, -0.2) is 4.68 Å². The highest BCUT2D eigenvalue weighted by Gasteiger charge is 2.14. The molecule has 1 N–H and O–H groups in total. The van der Waals surface area contributed by atoms with E-state index >= 15 is 0 Å². The van der Waals surface area contributed by atoms with Gasteiger partial charge in [-0.3, -0.25) is 4.79 Å². The van der Waals surface area contributed by atoms with Crippen LogP contribution in [0.4, 0.5) is 0 Å². The first kappa shape index (κ1) is 16.2. The average molecular weight is 302 g/mol. The first-order valence-corrected chi connectivity index (χ1v) is 7.37. The summed E-state index contributed by atoms with van der Waals surface area (Å²) in [4.78, 5) is 12.0. The largest absolute Gasteiger partial charge is 0.385 e. The number of nitrogens with one attached hydrogen (secondary N) is 1. The molecule has 1 atom stereocenters. The minimum Gasteiger partial charge on any atom is -0.385 e. The molecule has 1 aromatic heterocycles. The van der Waals surface area contributed by atoms with Gasteiger partial charge < -0.3 is 10.1 Å². The molecule has 0 aliphatic heterocycles. The van der Waals surface area contributed by atoms with Crippen LogP contribution in [0, 0.1) is 6.92 Å². The normalized spacial score (nSPS) is 12.1. The Morgan fingerprint density at radius 2 is 2.09 bits per heavy atom. The van der Waals surface area contributed by atoms with Crippen LogP contribution in [-0.2, 0) is 4.74 Å². The molecule has 0 saturated heterocycles. The molecule has 2 rings (SSSR count). The molecule has 0 spiro atoms. The van der Waals surface area contributed by atoms with E-state index < -0.39 is 0 Å². The van der Waals surface area contributed by atoms with Crippen LogP contribution in [0.25, 0.3) is 0 Å². The van der Waals surface area contributed by atoms with Gasteiger partial charge in [0, 0.05) is 20.3 Å². The Morgan fingerprint density at radius 3 is 2.77 bits per heavy atom. The number of aryl methyl sites for hydroxylation is 1. The van der Waals surface area contributed by atoms with Crippen LogP contribution >= 0.6 is 0 Å². The van der Waals surface area contributed by atoms with Crippen molar-refractivity contribution in [1.29, 1.82) is 0 Å². The minimum atomic E-state index is -0.210. The Kier molecular flexibility index (Phi) is 5.66. The smallest absolute Gasteiger partial charge is 0.273 e. The molecule has 6 nitrogen and oxygen atoms in total. The van der Waals surface area contributed by atoms with Crippen LogP contribution in [0.1, 0.15) is 41.0 Å². The molecule has 6 heteroatoms. The van der Waals surface area contributed by atoms with E-state index in [0.29, 0.717) is 18.8 Å². The summed E-state index contributed by atoms with van der Waals surface area (Å²) in [6.07, 6.45) is 2.45. The fourth-order valence-electron chi connectivity index (χ4n) is 2.08. The molecule has 22 heavy (non-hydrogen) atoms. The maximum Gasteiger partial charge on any atom is 0.273 e. The molecule has 1 amide bonds. The molecule has 0 aliphatic carbocycles. The molecule has 0 aliphatic rings. The number of hydrogen-bond acceptors (Lipinski definition) is 4. The van der Waals surface area contributed by atoms with Gasteiger partial charge in [0.1, 0.15) is 0 Å². The summed E-state index contributed by atoms with van der Waals surface area (Å²) in [5.74, 6) is -0.210. The minimum absolute atomic E-state index is 0.0307. The van der Waals surface area contributed by atoms with Crippen LogP contribution < -0.4 is 5.32 Å². The Labute approximate surface area is 130 Å². The lowest BCUT2D eigenvalue weighted by Crippen LogP contribution is -2.25. The summed E-state index contributed by atoms with van der Waals surface area (Å²) in [6, 6.07) is 8.28. The highest BCUT2D eigenvalue weighted by molar-refractivity contribution is 5.91. The zero-order valence-corrected chi connectivity index (χ0v) is 13.2. The molecule has 2 aromatic rings. The number of ether oxygens (including phenoxy) is 1. The average Bonchev–Trinajstić information content (AvgIpc) is 3.01. The third-order valence-electron chi connectivity index (χ3n) is 3.51. The van der Waals surface area contributed by atoms with Crippen LogP contribution in [0.2, 0.25) is 0 Å². The second kappa shape index (κ2) is 7.70. The number of hydrogen-bond donors (Lipinski definition) is 1. The van der Waals surface area contributed by atoms with E-state index in [1.54, 1.807) is 18.0 Å². The van der Waals surface area contributed by atoms with Crippen molar-refractivity contribution in [3.05, 3.63) is 47.3 Å². The number of carbonyl (C=O) groups is 1. The van der Waals surface area contributed by atoms with E-state index in [2.05, 4.69) is 46.8 Å². The Balaban J connectivity index is 1.98. The summed E-state index contributed by atoms with van der Waals surface area (Å²) in [5, 5.41) is 10.8. The molecule has 0 unspecified atom stereocenters. The molecule has 118 valence electrons. The predicted molar refractivity (Wildman–Crippen MR) is 83.8 cm³/mol. The van der Waals surface area contributed by atoms with Gasteiger partial charge in [0.25, 0.3) is 5.91 Å². The lowest BCUT2D eigenvalue weighted by molar-refractivity contribution is 0.0943. The number of methoxy groups -OCH3 is 1. The van der Waals surface area contributed by atoms with E-state index in [4.69, 9.17) is 4.74 Å². The standard InChI is InChI=1S/C16H22N4O2/c1-12-5-7-14(8-6-12)13(2)20-11-15(18-19-20)16(21)17-9-4-10-22-3/h5-8,11,13H,4,9-10H2,1-3H3,(H,17,21)/t13-/m1/s1. The van der Waals surface area contributed by atoms with Gasteiger partial charge in [0.2, 0.25) is 0 Å². The number of carbonyl (C=O) groups excluding carboxylic acids is 1. The number of amides is 1. The second-order valence-electron chi connectivity index (χ2n) is 5.27. The molecule has 1 heterocycles. The van der Waals surface area contributed by atoms with E-state index in [1.807, 2.05) is 6.92 Å². The monoisotopic (exact) mass is 302 g/mol. The molecular formula is C16H22N4O2. The summed E-state index contributed by atoms with van der Waals surface area (Å²) >= 11 is 0. The summed E-state index contributed by atoms with van der Waals surface area (Å²) < 4.78 is 6.64. The molecule has 0 fully saturated rings. The zero-order chi connectivity index (χ0) is 15.9. The fourth-order valence-corrected chi connectivity index (χ4v) is 2.08. The molecule has 0 radical (unpaired) electrons. The van der Waals surface area contributed by atoms with E-state index in [-0.39, 0.29) is 11.9 Å². The molecule has 1 aromatic carbocycles. The van der Waals surface area contributed by atoms with Crippen molar-refractivity contribution < 1.29 is 9.53 Å². The van der Waals surface area contributed by atoms with Gasteiger partial charge >= 0.3 is 0 Å². The maximum absolute atomic E-state index is 12.0. The SMILES string of the molecule is COCCCNC(=O)c1cn([C@H](C)c2ccc(C)cc2)nn1. The number of benzene rings is 1. The highest BCUT2D eigenvalue weighted by atomic mass is 16.5. The van der Waals surface area contributed by atoms with Gasteiger partial charge in [-0.1, -0.05) is 35.0 Å². The number of aromatic nitrogens is 3. The summed E-state index contributed by atoms with van der Waals surface area (Å²) in [5.41, 5.74) is 2.67. The number of rotatable bonds is 7. The lowest BCUT2D eigenvalue weighted by Gasteiger charge is -2.11. The van der Waals surface area contributed by atoms with Crippen molar-refractivity contribution >= 4 is 5.91 Å². The third kappa shape index (κ3) is 4.14. The van der Waals surface area contributed by atoms with Crippen molar-refractivity contribution in [3.8, 4) is 0 Å². The zero-order valence-electron chi connectivity index (χ0n) is 13.2. The van der Waals surface area contributed by atoms with Crippen molar-refractivity contribution in [2.24, 2.45) is 0 Å². The highest BCUT2D eigenvalue weighted by Crippen LogP contribution is 2.17. The van der Waals surface area contributed by atoms with E-state index in [0.717, 1.165) is 12.0 Å². The lowest BCUT2D eigenvalue weighted by atomic mass is 10.1. The van der Waals surface area contributed by atoms with Gasteiger partial charge in [-0.05, 0) is 25.8 Å². The Bertz CT molecular complexity index is 607. The predicted octanol–water partition coefficient (Wildman–Crippen LogP) is 1.96. The van der Waals surface area contributed by atoms with E-state index in [9.17, 15) is 4.79 Å². The number of nitrogens with zero attached hydrogens (tertiary/aromatic N) is 3. The Hall–Kier alpha value is -2.21. The summed E-state index contributed by atoms with van der Waals surface area (Å²) in [6.45, 7) is 5.26. The van der Waals surface area contributed by atoms with Gasteiger partial charge in [0.05, 0.1) is 12.2 Å². The topological polar surface area (TPSA) is 69.0 Å². The fraction of sp³-hybridized carbons (Fsp3) is 0.438. The van der Waals surface area contributed by atoms with Crippen molar-refractivity contribution in [3.63, 3.8) is 0 Å². The molecule has 0 saturated carbocycles. The third-order valence-corrected chi connectivity index (χ3v) is 3.51. The van der Waals surface area contributed by atoms with E-state index in [1.165, 1.54) is 5.56 Å². The quantitative estimate of drug-likeness (QED) is 0.794. The van der Waals surface area contributed by atoms with Crippen LogP contribution in [0.3, 0.4) is 0 Å². The second-order valence-corrected chi connectivity index (χ2v) is 5.27. The maximum atomic E-state index is 12.0. The first-order valence-electron chi connectivity index (χ1n) is 7.37. The van der Waals surface area contributed by atoms with Crippen LogP contribution in [0.15, 0.2) is 30.5 Å². The van der Waals surface area contributed by atoms with Crippen molar-refractivity contribution in [1.82, 2.24) is 20.3 Å². The molecular weight excluding hydrogens is 280 g/mol. The van der Waals surface area contributed by atoms with Gasteiger partial charge in [0.15, 0.2) is 5.69 Å².